The van der Waals surface area contributed by atoms with Crippen molar-refractivity contribution in [2.75, 3.05) is 37.9 Å². The van der Waals surface area contributed by atoms with Gasteiger partial charge in [0.1, 0.15) is 35.2 Å². The Balaban J connectivity index is 1.08. The minimum Gasteiger partial charge on any atom is -0.508 e. The summed E-state index contributed by atoms with van der Waals surface area (Å²) in [5.74, 6) is -1.75. The molecule has 9 atom stereocenters. The third-order valence-corrected chi connectivity index (χ3v) is 15.3. The van der Waals surface area contributed by atoms with Crippen molar-refractivity contribution in [1.82, 2.24) is 15.6 Å². The fourth-order valence-corrected chi connectivity index (χ4v) is 11.6. The first-order valence-electron chi connectivity index (χ1n) is 22.9. The van der Waals surface area contributed by atoms with E-state index in [1.54, 1.807) is 10.8 Å². The number of aliphatic hydroxyl groups excluding tert-OH is 1. The lowest BCUT2D eigenvalue weighted by Gasteiger charge is -2.48. The van der Waals surface area contributed by atoms with Gasteiger partial charge in [0.05, 0.1) is 10.9 Å². The number of aromatic hydroxyl groups is 1. The van der Waals surface area contributed by atoms with E-state index in [0.717, 1.165) is 43.7 Å². The Labute approximate surface area is 401 Å². The van der Waals surface area contributed by atoms with Crippen molar-refractivity contribution in [3.05, 3.63) is 136 Å². The third-order valence-electron chi connectivity index (χ3n) is 13.2. The van der Waals surface area contributed by atoms with Crippen LogP contribution in [0.3, 0.4) is 0 Å². The van der Waals surface area contributed by atoms with Gasteiger partial charge >= 0.3 is 5.97 Å². The highest BCUT2D eigenvalue weighted by Crippen LogP contribution is 2.42. The smallest absolute Gasteiger partial charge is 0.335 e. The molecule has 9 unspecified atom stereocenters. The summed E-state index contributed by atoms with van der Waals surface area (Å²) in [7, 11) is 2.99. The molecule has 4 heterocycles. The zero-order valence-corrected chi connectivity index (χ0v) is 39.5. The number of amides is 1. The number of aliphatic hydroxyl groups is 2. The fraction of sp³-hybridized carbons (Fsp3) is 0.392. The van der Waals surface area contributed by atoms with Crippen molar-refractivity contribution in [2.24, 2.45) is 17.6 Å². The molecule has 2 saturated heterocycles. The van der Waals surface area contributed by atoms with Gasteiger partial charge in [-0.3, -0.25) is 9.59 Å². The van der Waals surface area contributed by atoms with Crippen LogP contribution in [0.15, 0.2) is 113 Å². The summed E-state index contributed by atoms with van der Waals surface area (Å²) >= 11 is 0. The second-order valence-corrected chi connectivity index (χ2v) is 20.1. The monoisotopic (exact) mass is 966 g/mol. The molecule has 3 aliphatic rings. The van der Waals surface area contributed by atoms with Crippen molar-refractivity contribution in [1.29, 1.82) is 0 Å². The van der Waals surface area contributed by atoms with Gasteiger partial charge in [0.15, 0.2) is 11.7 Å². The first-order valence-corrected chi connectivity index (χ1v) is 25.4. The number of primary amides is 1. The number of rotatable bonds is 14. The molecule has 68 heavy (non-hydrogen) atoms. The molecule has 2 fully saturated rings. The number of carbonyl (C=O) groups is 2. The standard InChI is InChI=1S/C51H58N4O11S2/c1-3-20-53-21-18-31-11-10-30(36-6-4-5-7-37(31)36)9-8-29(2)39-25-55-27-51(62)47(63-28-68-67-26-40(39)33-19-22-54-24-33)44(58)46(49(60)61)66-50(51)64-35-16-17-38-41(23-35)65-45(48(52)59)42(43(38)57)32-12-14-34(56)15-13-32/h4-7,9-17,19,22-24,29,31,39-40,44,46-47,50,53-56,58,62H,3,8,18,20-21,25-28H2,1-2H3,(H2,52,59)(H,60,61). The highest BCUT2D eigenvalue weighted by Gasteiger charge is 2.59. The number of nitrogens with one attached hydrogen (secondary N) is 3. The molecule has 0 spiro atoms. The van der Waals surface area contributed by atoms with Crippen LogP contribution < -0.4 is 26.5 Å². The van der Waals surface area contributed by atoms with Gasteiger partial charge < -0.3 is 60.4 Å². The number of nitrogens with two attached hydrogens (primary N) is 1. The summed E-state index contributed by atoms with van der Waals surface area (Å²) in [5, 5.41) is 51.4. The van der Waals surface area contributed by atoms with E-state index in [0.29, 0.717) is 18.0 Å². The van der Waals surface area contributed by atoms with Crippen LogP contribution in [0.1, 0.15) is 72.2 Å². The van der Waals surface area contributed by atoms with E-state index in [2.05, 4.69) is 78.0 Å². The van der Waals surface area contributed by atoms with Gasteiger partial charge in [-0.05, 0) is 115 Å². The molecular formula is C51H58N4O11S2. The number of phenols is 1. The summed E-state index contributed by atoms with van der Waals surface area (Å²) in [5.41, 5.74) is 7.91. The number of allylic oxidation sites excluding steroid dienone is 4. The van der Waals surface area contributed by atoms with Crippen LogP contribution in [0, 0.1) is 11.8 Å². The molecule has 17 heteroatoms. The Morgan fingerprint density at radius 2 is 1.90 bits per heavy atom. The molecule has 5 aromatic rings. The quantitative estimate of drug-likeness (QED) is 0.0424. The maximum atomic E-state index is 13.9. The summed E-state index contributed by atoms with van der Waals surface area (Å²) in [6.45, 7) is 6.52. The number of carboxylic acid groups (broad SMARTS) is 1. The maximum Gasteiger partial charge on any atom is 0.335 e. The molecule has 0 saturated carbocycles. The van der Waals surface area contributed by atoms with Gasteiger partial charge in [0, 0.05) is 36.7 Å². The lowest BCUT2D eigenvalue weighted by Crippen LogP contribution is -2.72. The second kappa shape index (κ2) is 21.9. The summed E-state index contributed by atoms with van der Waals surface area (Å²) in [6.07, 6.45) is 6.80. The number of aromatic amines is 1. The van der Waals surface area contributed by atoms with Crippen LogP contribution in [-0.4, -0.2) is 105 Å². The molecule has 1 aliphatic carbocycles. The molecule has 1 amide bonds. The molecule has 360 valence electrons. The average Bonchev–Trinajstić information content (AvgIpc) is 3.87. The van der Waals surface area contributed by atoms with E-state index in [9.17, 15) is 34.8 Å². The molecule has 0 radical (unpaired) electrons. The number of aromatic nitrogens is 1. The molecule has 8 rings (SSSR count). The Hall–Kier alpha value is -5.37. The van der Waals surface area contributed by atoms with Gasteiger partial charge in [-0.1, -0.05) is 90.1 Å². The minimum absolute atomic E-state index is 0.0122. The predicted molar refractivity (Wildman–Crippen MR) is 264 cm³/mol. The van der Waals surface area contributed by atoms with E-state index in [-0.39, 0.29) is 58.3 Å². The van der Waals surface area contributed by atoms with Crippen LogP contribution in [0.25, 0.3) is 27.7 Å². The van der Waals surface area contributed by atoms with Gasteiger partial charge in [0.25, 0.3) is 5.91 Å². The van der Waals surface area contributed by atoms with Crippen LogP contribution in [0.5, 0.6) is 11.5 Å². The van der Waals surface area contributed by atoms with Crippen LogP contribution in [0.4, 0.5) is 0 Å². The zero-order chi connectivity index (χ0) is 48.0. The van der Waals surface area contributed by atoms with Crippen molar-refractivity contribution in [3.63, 3.8) is 0 Å². The largest absolute Gasteiger partial charge is 0.508 e. The Morgan fingerprint density at radius 1 is 1.09 bits per heavy atom. The number of hydrogen-bond donors (Lipinski definition) is 8. The first-order chi connectivity index (χ1) is 32.9. The van der Waals surface area contributed by atoms with Crippen molar-refractivity contribution >= 4 is 50.0 Å². The lowest BCUT2D eigenvalue weighted by molar-refractivity contribution is -0.316. The van der Waals surface area contributed by atoms with Gasteiger partial charge in [-0.25, -0.2) is 4.79 Å². The van der Waals surface area contributed by atoms with E-state index in [1.165, 1.54) is 70.0 Å². The zero-order valence-electron chi connectivity index (χ0n) is 37.8. The van der Waals surface area contributed by atoms with Crippen LogP contribution >= 0.6 is 21.6 Å². The Bertz CT molecular complexity index is 2670. The van der Waals surface area contributed by atoms with Crippen LogP contribution in [0.2, 0.25) is 0 Å². The van der Waals surface area contributed by atoms with E-state index >= 15 is 0 Å². The Morgan fingerprint density at radius 3 is 2.65 bits per heavy atom. The molecular weight excluding hydrogens is 909 g/mol. The van der Waals surface area contributed by atoms with E-state index < -0.39 is 53.3 Å². The van der Waals surface area contributed by atoms with Crippen molar-refractivity contribution in [3.8, 4) is 22.6 Å². The van der Waals surface area contributed by atoms with E-state index in [1.807, 2.05) is 12.4 Å². The lowest BCUT2D eigenvalue weighted by atomic mass is 9.77. The molecule has 0 bridgehead atoms. The molecule has 3 aromatic carbocycles. The second-order valence-electron chi connectivity index (χ2n) is 17.6. The number of fused-ring (bicyclic) bond motifs is 3. The van der Waals surface area contributed by atoms with Gasteiger partial charge in [-0.2, -0.15) is 0 Å². The molecule has 2 aliphatic heterocycles. The number of carboxylic acids is 1. The molecule has 9 N–H and O–H groups in total. The van der Waals surface area contributed by atoms with Crippen LogP contribution in [-0.2, 0) is 14.3 Å². The number of benzene rings is 3. The third kappa shape index (κ3) is 10.6. The number of carbonyl (C=O) groups excluding carboxylic acids is 1. The minimum atomic E-state index is -2.19. The SMILES string of the molecule is CCCNCCC1C=CC(=CCC(C)C2CNCC3(O)C(Oc4ccc5c(=O)c(-c6ccc(O)cc6)c(C(N)=O)oc5c4)OC(C(=O)O)C(O)C3OCSSCC2c2cc[nH]c2)c2ccccc21. The highest BCUT2D eigenvalue weighted by molar-refractivity contribution is 8.76. The van der Waals surface area contributed by atoms with Crippen molar-refractivity contribution in [2.45, 2.75) is 75.1 Å². The number of phenolic OH excluding ortho intramolecular Hbond substituents is 1. The summed E-state index contributed by atoms with van der Waals surface area (Å²) in [6, 6.07) is 20.5. The molecule has 15 nitrogen and oxygen atoms in total. The fourth-order valence-electron chi connectivity index (χ4n) is 9.56. The normalized spacial score (nSPS) is 26.5. The molecule has 2 aromatic heterocycles. The summed E-state index contributed by atoms with van der Waals surface area (Å²) in [4.78, 5) is 42.3. The summed E-state index contributed by atoms with van der Waals surface area (Å²) < 4.78 is 24.3. The number of H-pyrrole nitrogens is 1. The topological polar surface area (TPSA) is 239 Å². The number of β-amino-alcohol motifs (C(OH)–C–C–N with tert-alkyl or cyclic N) is 1. The average molecular weight is 967 g/mol. The highest BCUT2D eigenvalue weighted by atomic mass is 33.1. The van der Waals surface area contributed by atoms with Gasteiger partial charge in [0.2, 0.25) is 17.5 Å². The predicted octanol–water partition coefficient (Wildman–Crippen LogP) is 6.75. The number of hydrogen-bond acceptors (Lipinski definition) is 14. The van der Waals surface area contributed by atoms with Gasteiger partial charge in [-0.15, -0.1) is 0 Å². The maximum absolute atomic E-state index is 13.9. The number of aliphatic carboxylic acids is 1. The van der Waals surface area contributed by atoms with Crippen molar-refractivity contribution < 1.29 is 48.6 Å². The number of ether oxygens (including phenoxy) is 3. The van der Waals surface area contributed by atoms with E-state index in [4.69, 9.17) is 24.4 Å². The first kappa shape index (κ1) is 49.1. The Kier molecular flexibility index (Phi) is 15.8.